The molecular weight excluding hydrogens is 381 g/mol. The number of aromatic nitrogens is 2. The lowest BCUT2D eigenvalue weighted by atomic mass is 10.3. The van der Waals surface area contributed by atoms with Crippen LogP contribution in [0.4, 0.5) is 5.69 Å². The summed E-state index contributed by atoms with van der Waals surface area (Å²) >= 11 is 0. The predicted octanol–water partition coefficient (Wildman–Crippen LogP) is 2.33. The molecule has 0 bridgehead atoms. The Kier molecular flexibility index (Phi) is 7.59. The molecule has 1 aromatic carbocycles. The van der Waals surface area contributed by atoms with E-state index in [1.807, 2.05) is 41.2 Å². The number of rotatable bonds is 6. The van der Waals surface area contributed by atoms with Crippen molar-refractivity contribution in [1.82, 2.24) is 9.78 Å². The van der Waals surface area contributed by atoms with E-state index in [9.17, 15) is 0 Å². The Morgan fingerprint density at radius 1 is 1.43 bits per heavy atom. The Balaban J connectivity index is 0.00000220. The first-order chi connectivity index (χ1) is 9.78. The van der Waals surface area contributed by atoms with Gasteiger partial charge in [0.1, 0.15) is 5.75 Å². The number of nitrogens with one attached hydrogen (secondary N) is 1. The van der Waals surface area contributed by atoms with Crippen molar-refractivity contribution < 1.29 is 4.74 Å². The molecule has 3 N–H and O–H groups in total. The van der Waals surface area contributed by atoms with Gasteiger partial charge in [0.15, 0.2) is 5.96 Å². The van der Waals surface area contributed by atoms with Crippen LogP contribution in [-0.2, 0) is 6.54 Å². The molecule has 1 heterocycles. The first kappa shape index (κ1) is 17.3. The van der Waals surface area contributed by atoms with E-state index in [1.54, 1.807) is 13.3 Å². The second-order valence-electron chi connectivity index (χ2n) is 4.25. The highest BCUT2D eigenvalue weighted by Gasteiger charge is 1.97. The van der Waals surface area contributed by atoms with Gasteiger partial charge in [0.25, 0.3) is 0 Å². The lowest BCUT2D eigenvalue weighted by Crippen LogP contribution is -2.23. The van der Waals surface area contributed by atoms with Crippen LogP contribution in [0.15, 0.2) is 47.7 Å². The molecule has 0 saturated carbocycles. The highest BCUT2D eigenvalue weighted by atomic mass is 127. The zero-order valence-electron chi connectivity index (χ0n) is 11.9. The van der Waals surface area contributed by atoms with Crippen LogP contribution in [-0.4, -0.2) is 29.4 Å². The molecule has 0 saturated heterocycles. The van der Waals surface area contributed by atoms with Crippen LogP contribution in [0.5, 0.6) is 5.75 Å². The molecule has 0 spiro atoms. The molecule has 0 radical (unpaired) electrons. The van der Waals surface area contributed by atoms with E-state index in [0.29, 0.717) is 12.5 Å². The van der Waals surface area contributed by atoms with Crippen LogP contribution in [0.1, 0.15) is 6.42 Å². The van der Waals surface area contributed by atoms with Crippen molar-refractivity contribution in [2.75, 3.05) is 19.0 Å². The number of guanidine groups is 1. The minimum atomic E-state index is 0. The van der Waals surface area contributed by atoms with Gasteiger partial charge in [-0.3, -0.25) is 9.67 Å². The number of halogens is 1. The molecule has 2 aromatic rings. The first-order valence-corrected chi connectivity index (χ1v) is 6.46. The van der Waals surface area contributed by atoms with Crippen LogP contribution < -0.4 is 15.8 Å². The second-order valence-corrected chi connectivity index (χ2v) is 4.25. The van der Waals surface area contributed by atoms with Gasteiger partial charge < -0.3 is 15.8 Å². The first-order valence-electron chi connectivity index (χ1n) is 6.46. The number of aliphatic imine (C=N–C) groups is 1. The summed E-state index contributed by atoms with van der Waals surface area (Å²) in [5, 5.41) is 7.16. The molecular formula is C14H20IN5O. The summed E-state index contributed by atoms with van der Waals surface area (Å²) in [6.07, 6.45) is 4.59. The maximum atomic E-state index is 5.83. The molecule has 114 valence electrons. The summed E-state index contributed by atoms with van der Waals surface area (Å²) in [7, 11) is 1.63. The quantitative estimate of drug-likeness (QED) is 0.337. The molecule has 6 nitrogen and oxygen atoms in total. The molecule has 0 aliphatic heterocycles. The van der Waals surface area contributed by atoms with E-state index >= 15 is 0 Å². The van der Waals surface area contributed by atoms with Crippen LogP contribution >= 0.6 is 24.0 Å². The zero-order valence-corrected chi connectivity index (χ0v) is 14.2. The van der Waals surface area contributed by atoms with Crippen LogP contribution in [0.2, 0.25) is 0 Å². The smallest absolute Gasteiger partial charge is 0.193 e. The minimum absolute atomic E-state index is 0. The van der Waals surface area contributed by atoms with E-state index in [-0.39, 0.29) is 24.0 Å². The van der Waals surface area contributed by atoms with Crippen molar-refractivity contribution in [3.63, 3.8) is 0 Å². The molecule has 2 rings (SSSR count). The molecule has 0 aliphatic carbocycles. The Hall–Kier alpha value is -1.77. The molecule has 1 aromatic heterocycles. The van der Waals surface area contributed by atoms with Gasteiger partial charge in [0.05, 0.1) is 7.11 Å². The van der Waals surface area contributed by atoms with E-state index in [0.717, 1.165) is 24.4 Å². The maximum Gasteiger partial charge on any atom is 0.193 e. The summed E-state index contributed by atoms with van der Waals surface area (Å²) in [5.74, 6) is 1.18. The van der Waals surface area contributed by atoms with Crippen LogP contribution in [0.3, 0.4) is 0 Å². The van der Waals surface area contributed by atoms with Gasteiger partial charge in [-0.2, -0.15) is 5.10 Å². The summed E-state index contributed by atoms with van der Waals surface area (Å²) in [5.41, 5.74) is 6.69. The third kappa shape index (κ3) is 6.03. The van der Waals surface area contributed by atoms with Gasteiger partial charge in [-0.25, -0.2) is 0 Å². The SMILES string of the molecule is COc1cccc(NC(N)=NCCCn2cccn2)c1.I. The molecule has 0 fully saturated rings. The number of hydrogen-bond donors (Lipinski definition) is 2. The minimum Gasteiger partial charge on any atom is -0.497 e. The number of ether oxygens (including phenoxy) is 1. The summed E-state index contributed by atoms with van der Waals surface area (Å²) < 4.78 is 7.02. The average Bonchev–Trinajstić information content (AvgIpc) is 2.97. The fourth-order valence-electron chi connectivity index (χ4n) is 1.75. The van der Waals surface area contributed by atoms with E-state index in [4.69, 9.17) is 10.5 Å². The Labute approximate surface area is 141 Å². The maximum absolute atomic E-state index is 5.83. The number of aryl methyl sites for hydroxylation is 1. The number of nitrogens with two attached hydrogens (primary N) is 1. The van der Waals surface area contributed by atoms with Crippen LogP contribution in [0, 0.1) is 0 Å². The summed E-state index contributed by atoms with van der Waals surface area (Å²) in [4.78, 5) is 4.28. The number of nitrogens with zero attached hydrogens (tertiary/aromatic N) is 3. The third-order valence-corrected chi connectivity index (χ3v) is 2.73. The van der Waals surface area contributed by atoms with Gasteiger partial charge in [0.2, 0.25) is 0 Å². The fraction of sp³-hybridized carbons (Fsp3) is 0.286. The number of hydrogen-bond acceptors (Lipinski definition) is 3. The fourth-order valence-corrected chi connectivity index (χ4v) is 1.75. The van der Waals surface area contributed by atoms with Gasteiger partial charge in [-0.05, 0) is 24.6 Å². The highest BCUT2D eigenvalue weighted by molar-refractivity contribution is 14.0. The third-order valence-electron chi connectivity index (χ3n) is 2.73. The van der Waals surface area contributed by atoms with E-state index < -0.39 is 0 Å². The van der Waals surface area contributed by atoms with Crippen molar-refractivity contribution in [2.24, 2.45) is 10.7 Å². The molecule has 0 unspecified atom stereocenters. The topological polar surface area (TPSA) is 77.5 Å². The highest BCUT2D eigenvalue weighted by Crippen LogP contribution is 2.16. The monoisotopic (exact) mass is 401 g/mol. The van der Waals surface area contributed by atoms with Gasteiger partial charge in [-0.1, -0.05) is 6.07 Å². The van der Waals surface area contributed by atoms with Crippen LogP contribution in [0.25, 0.3) is 0 Å². The lowest BCUT2D eigenvalue weighted by molar-refractivity contribution is 0.415. The lowest BCUT2D eigenvalue weighted by Gasteiger charge is -2.07. The van der Waals surface area contributed by atoms with Gasteiger partial charge in [0, 0.05) is 37.2 Å². The Morgan fingerprint density at radius 3 is 3.00 bits per heavy atom. The van der Waals surface area contributed by atoms with Crippen molar-refractivity contribution in [3.05, 3.63) is 42.7 Å². The largest absolute Gasteiger partial charge is 0.497 e. The van der Waals surface area contributed by atoms with E-state index in [1.165, 1.54) is 0 Å². The molecule has 0 atom stereocenters. The number of methoxy groups -OCH3 is 1. The summed E-state index contributed by atoms with van der Waals surface area (Å²) in [6, 6.07) is 9.46. The van der Waals surface area contributed by atoms with Crippen molar-refractivity contribution in [2.45, 2.75) is 13.0 Å². The molecule has 21 heavy (non-hydrogen) atoms. The molecule has 0 aliphatic rings. The van der Waals surface area contributed by atoms with Crippen molar-refractivity contribution in [1.29, 1.82) is 0 Å². The Bertz CT molecular complexity index is 556. The summed E-state index contributed by atoms with van der Waals surface area (Å²) in [6.45, 7) is 1.49. The normalized spacial score (nSPS) is 10.8. The Morgan fingerprint density at radius 2 is 2.29 bits per heavy atom. The number of anilines is 1. The standard InChI is InChI=1S/C14H19N5O.HI/c1-20-13-6-2-5-12(11-13)18-14(15)16-7-3-9-19-10-4-8-17-19;/h2,4-6,8,10-11H,3,7,9H2,1H3,(H3,15,16,18);1H. The van der Waals surface area contributed by atoms with Crippen molar-refractivity contribution in [3.8, 4) is 5.75 Å². The zero-order chi connectivity index (χ0) is 14.2. The van der Waals surface area contributed by atoms with E-state index in [2.05, 4.69) is 15.4 Å². The number of benzene rings is 1. The average molecular weight is 401 g/mol. The predicted molar refractivity (Wildman–Crippen MR) is 95.4 cm³/mol. The molecule has 0 amide bonds. The van der Waals surface area contributed by atoms with Crippen molar-refractivity contribution >= 4 is 35.6 Å². The second kappa shape index (κ2) is 9.22. The van der Waals surface area contributed by atoms with Gasteiger partial charge >= 0.3 is 0 Å². The molecule has 7 heteroatoms. The van der Waals surface area contributed by atoms with Gasteiger partial charge in [-0.15, -0.1) is 24.0 Å².